The van der Waals surface area contributed by atoms with Gasteiger partial charge < -0.3 is 20.1 Å². The first-order chi connectivity index (χ1) is 10.5. The molecule has 1 aromatic rings. The summed E-state index contributed by atoms with van der Waals surface area (Å²) >= 11 is 6.23. The van der Waals surface area contributed by atoms with Crippen LogP contribution in [0, 0.1) is 0 Å². The SMILES string of the molecule is COc1cccc(Cl)c1CNC(C)(C)CNC(=O)OC(C)(C)C. The molecule has 0 radical (unpaired) electrons. The molecule has 0 atom stereocenters. The predicted octanol–water partition coefficient (Wildman–Crippen LogP) is 3.74. The fraction of sp³-hybridized carbons (Fsp3) is 0.588. The fourth-order valence-corrected chi connectivity index (χ4v) is 2.13. The summed E-state index contributed by atoms with van der Waals surface area (Å²) in [6.45, 7) is 10.4. The highest BCUT2D eigenvalue weighted by Crippen LogP contribution is 2.26. The molecule has 0 aromatic heterocycles. The van der Waals surface area contributed by atoms with Gasteiger partial charge in [0, 0.05) is 29.2 Å². The summed E-state index contributed by atoms with van der Waals surface area (Å²) in [6.07, 6.45) is -0.428. The maximum Gasteiger partial charge on any atom is 0.407 e. The number of carbonyl (C=O) groups excluding carboxylic acids is 1. The number of carbonyl (C=O) groups is 1. The lowest BCUT2D eigenvalue weighted by Crippen LogP contribution is -2.49. The van der Waals surface area contributed by atoms with E-state index < -0.39 is 11.7 Å². The number of nitrogens with one attached hydrogen (secondary N) is 2. The number of halogens is 1. The molecule has 1 rings (SSSR count). The Morgan fingerprint density at radius 3 is 2.43 bits per heavy atom. The Labute approximate surface area is 143 Å². The normalized spacial score (nSPS) is 12.0. The van der Waals surface area contributed by atoms with Gasteiger partial charge in [0.25, 0.3) is 0 Å². The van der Waals surface area contributed by atoms with Crippen LogP contribution in [0.5, 0.6) is 5.75 Å². The van der Waals surface area contributed by atoms with Gasteiger partial charge in [-0.3, -0.25) is 0 Å². The molecule has 1 amide bonds. The Hall–Kier alpha value is -1.46. The number of alkyl carbamates (subject to hydrolysis) is 1. The Morgan fingerprint density at radius 1 is 1.22 bits per heavy atom. The van der Waals surface area contributed by atoms with Crippen molar-refractivity contribution in [2.24, 2.45) is 0 Å². The molecule has 0 aliphatic heterocycles. The van der Waals surface area contributed by atoms with Crippen molar-refractivity contribution in [2.45, 2.75) is 52.3 Å². The van der Waals surface area contributed by atoms with Crippen LogP contribution < -0.4 is 15.4 Å². The van der Waals surface area contributed by atoms with Gasteiger partial charge in [-0.2, -0.15) is 0 Å². The Morgan fingerprint density at radius 2 is 1.87 bits per heavy atom. The number of hydrogen-bond acceptors (Lipinski definition) is 4. The minimum absolute atomic E-state index is 0.332. The maximum absolute atomic E-state index is 11.7. The molecule has 0 unspecified atom stereocenters. The van der Waals surface area contributed by atoms with Crippen LogP contribution >= 0.6 is 11.6 Å². The summed E-state index contributed by atoms with van der Waals surface area (Å²) in [5.74, 6) is 0.737. The van der Waals surface area contributed by atoms with Gasteiger partial charge in [0.1, 0.15) is 11.4 Å². The first kappa shape index (κ1) is 19.6. The van der Waals surface area contributed by atoms with Gasteiger partial charge in [-0.25, -0.2) is 4.79 Å². The molecule has 5 nitrogen and oxygen atoms in total. The lowest BCUT2D eigenvalue weighted by molar-refractivity contribution is 0.0513. The smallest absolute Gasteiger partial charge is 0.407 e. The molecule has 130 valence electrons. The number of rotatable bonds is 6. The summed E-state index contributed by atoms with van der Waals surface area (Å²) in [5, 5.41) is 6.79. The van der Waals surface area contributed by atoms with E-state index in [1.165, 1.54) is 0 Å². The summed E-state index contributed by atoms with van der Waals surface area (Å²) < 4.78 is 10.6. The van der Waals surface area contributed by atoms with E-state index in [2.05, 4.69) is 10.6 Å². The second-order valence-electron chi connectivity index (χ2n) is 7.01. The van der Waals surface area contributed by atoms with Crippen molar-refractivity contribution in [2.75, 3.05) is 13.7 Å². The molecule has 0 saturated heterocycles. The third kappa shape index (κ3) is 7.10. The van der Waals surface area contributed by atoms with Crippen LogP contribution in [0.4, 0.5) is 4.79 Å². The summed E-state index contributed by atoms with van der Waals surface area (Å²) in [7, 11) is 1.62. The molecule has 23 heavy (non-hydrogen) atoms. The van der Waals surface area contributed by atoms with Crippen LogP contribution in [0.2, 0.25) is 5.02 Å². The third-order valence-corrected chi connectivity index (χ3v) is 3.47. The molecular formula is C17H27ClN2O3. The molecule has 0 aliphatic carbocycles. The average Bonchev–Trinajstić information content (AvgIpc) is 2.42. The minimum atomic E-state index is -0.507. The van der Waals surface area contributed by atoms with Gasteiger partial charge in [0.2, 0.25) is 0 Å². The zero-order chi connectivity index (χ0) is 17.7. The number of hydrogen-bond donors (Lipinski definition) is 2. The lowest BCUT2D eigenvalue weighted by atomic mass is 10.0. The molecule has 0 saturated carbocycles. The van der Waals surface area contributed by atoms with Gasteiger partial charge in [-0.1, -0.05) is 17.7 Å². The van der Waals surface area contributed by atoms with Gasteiger partial charge >= 0.3 is 6.09 Å². The molecule has 0 fully saturated rings. The van der Waals surface area contributed by atoms with E-state index in [4.69, 9.17) is 21.1 Å². The van der Waals surface area contributed by atoms with Crippen LogP contribution in [0.15, 0.2) is 18.2 Å². The van der Waals surface area contributed by atoms with Crippen LogP contribution in [0.25, 0.3) is 0 Å². The monoisotopic (exact) mass is 342 g/mol. The van der Waals surface area contributed by atoms with Gasteiger partial charge in [0.05, 0.1) is 7.11 Å². The van der Waals surface area contributed by atoms with E-state index >= 15 is 0 Å². The lowest BCUT2D eigenvalue weighted by Gasteiger charge is -2.28. The zero-order valence-electron chi connectivity index (χ0n) is 14.7. The quantitative estimate of drug-likeness (QED) is 0.826. The van der Waals surface area contributed by atoms with Crippen molar-refractivity contribution in [1.82, 2.24) is 10.6 Å². The zero-order valence-corrected chi connectivity index (χ0v) is 15.5. The van der Waals surface area contributed by atoms with Crippen molar-refractivity contribution >= 4 is 17.7 Å². The van der Waals surface area contributed by atoms with E-state index in [1.54, 1.807) is 7.11 Å². The summed E-state index contributed by atoms with van der Waals surface area (Å²) in [6, 6.07) is 5.54. The first-order valence-corrected chi connectivity index (χ1v) is 7.95. The topological polar surface area (TPSA) is 59.6 Å². The van der Waals surface area contributed by atoms with Crippen LogP contribution in [-0.2, 0) is 11.3 Å². The maximum atomic E-state index is 11.7. The van der Waals surface area contributed by atoms with E-state index in [9.17, 15) is 4.79 Å². The number of amides is 1. The van der Waals surface area contributed by atoms with E-state index in [1.807, 2.05) is 52.8 Å². The highest BCUT2D eigenvalue weighted by atomic mass is 35.5. The molecule has 0 spiro atoms. The highest BCUT2D eigenvalue weighted by molar-refractivity contribution is 6.31. The first-order valence-electron chi connectivity index (χ1n) is 7.57. The largest absolute Gasteiger partial charge is 0.496 e. The Bertz CT molecular complexity index is 539. The predicted molar refractivity (Wildman–Crippen MR) is 93.2 cm³/mol. The number of methoxy groups -OCH3 is 1. The molecular weight excluding hydrogens is 316 g/mol. The van der Waals surface area contributed by atoms with E-state index in [-0.39, 0.29) is 5.54 Å². The van der Waals surface area contributed by atoms with Gasteiger partial charge in [-0.05, 0) is 46.8 Å². The van der Waals surface area contributed by atoms with Gasteiger partial charge in [0.15, 0.2) is 0 Å². The third-order valence-electron chi connectivity index (χ3n) is 3.11. The second kappa shape index (κ2) is 7.88. The van der Waals surface area contributed by atoms with Crippen molar-refractivity contribution in [3.05, 3.63) is 28.8 Å². The minimum Gasteiger partial charge on any atom is -0.496 e. The standard InChI is InChI=1S/C17H27ClN2O3/c1-16(2,3)23-15(21)19-11-17(4,5)20-10-12-13(18)8-7-9-14(12)22-6/h7-9,20H,10-11H2,1-6H3,(H,19,21). The molecule has 0 heterocycles. The highest BCUT2D eigenvalue weighted by Gasteiger charge is 2.22. The van der Waals surface area contributed by atoms with E-state index in [0.717, 1.165) is 11.3 Å². The van der Waals surface area contributed by atoms with Crippen molar-refractivity contribution in [3.63, 3.8) is 0 Å². The summed E-state index contributed by atoms with van der Waals surface area (Å²) in [5.41, 5.74) is 0.0511. The molecule has 0 aliphatic rings. The van der Waals surface area contributed by atoms with Gasteiger partial charge in [-0.15, -0.1) is 0 Å². The summed E-state index contributed by atoms with van der Waals surface area (Å²) in [4.78, 5) is 11.7. The van der Waals surface area contributed by atoms with Crippen LogP contribution in [0.1, 0.15) is 40.2 Å². The Balaban J connectivity index is 2.58. The van der Waals surface area contributed by atoms with Crippen LogP contribution in [0.3, 0.4) is 0 Å². The number of benzene rings is 1. The fourth-order valence-electron chi connectivity index (χ4n) is 1.90. The van der Waals surface area contributed by atoms with E-state index in [0.29, 0.717) is 18.1 Å². The second-order valence-corrected chi connectivity index (χ2v) is 7.42. The molecule has 2 N–H and O–H groups in total. The molecule has 0 bridgehead atoms. The van der Waals surface area contributed by atoms with Crippen LogP contribution in [-0.4, -0.2) is 30.9 Å². The molecule has 1 aromatic carbocycles. The van der Waals surface area contributed by atoms with Crippen molar-refractivity contribution < 1.29 is 14.3 Å². The average molecular weight is 343 g/mol. The van der Waals surface area contributed by atoms with Crippen molar-refractivity contribution in [1.29, 1.82) is 0 Å². The molecule has 6 heteroatoms. The number of ether oxygens (including phenoxy) is 2. The Kier molecular flexibility index (Phi) is 6.71. The van der Waals surface area contributed by atoms with Crippen molar-refractivity contribution in [3.8, 4) is 5.75 Å².